The molecule has 10 heteroatoms. The molecule has 7 nitrogen and oxygen atoms in total. The highest BCUT2D eigenvalue weighted by Gasteiger charge is 2.32. The molecule has 0 saturated carbocycles. The Bertz CT molecular complexity index is 1130. The van der Waals surface area contributed by atoms with Gasteiger partial charge in [-0.3, -0.25) is 13.9 Å². The zero-order chi connectivity index (χ0) is 26.3. The van der Waals surface area contributed by atoms with Crippen LogP contribution in [-0.4, -0.2) is 50.5 Å². The number of sulfonamides is 1. The van der Waals surface area contributed by atoms with Gasteiger partial charge < -0.3 is 10.2 Å². The minimum absolute atomic E-state index is 0.0418. The fraction of sp³-hybridized carbons (Fsp3) is 0.440. The fourth-order valence-corrected chi connectivity index (χ4v) is 5.20. The summed E-state index contributed by atoms with van der Waals surface area (Å²) in [4.78, 5) is 28.0. The number of amides is 2. The number of nitrogens with one attached hydrogen (secondary N) is 1. The maximum Gasteiger partial charge on any atom is 0.244 e. The van der Waals surface area contributed by atoms with E-state index in [1.807, 2.05) is 26.8 Å². The van der Waals surface area contributed by atoms with Crippen LogP contribution in [0.15, 0.2) is 36.4 Å². The Morgan fingerprint density at radius 1 is 1.03 bits per heavy atom. The molecule has 1 unspecified atom stereocenters. The molecule has 2 aromatic rings. The number of carbonyl (C=O) groups is 2. The zero-order valence-corrected chi connectivity index (χ0v) is 23.1. The van der Waals surface area contributed by atoms with Crippen molar-refractivity contribution in [2.45, 2.75) is 53.1 Å². The fourth-order valence-electron chi connectivity index (χ4n) is 3.85. The predicted octanol–water partition coefficient (Wildman–Crippen LogP) is 4.71. The van der Waals surface area contributed by atoms with Crippen molar-refractivity contribution in [3.8, 4) is 0 Å². The number of anilines is 1. The monoisotopic (exact) mass is 541 g/mol. The smallest absolute Gasteiger partial charge is 0.244 e. The third-order valence-corrected chi connectivity index (χ3v) is 7.35. The Balaban J connectivity index is 2.52. The van der Waals surface area contributed by atoms with Crippen LogP contribution in [0, 0.1) is 13.8 Å². The van der Waals surface area contributed by atoms with Gasteiger partial charge in [-0.15, -0.1) is 0 Å². The van der Waals surface area contributed by atoms with Crippen molar-refractivity contribution in [1.82, 2.24) is 10.2 Å². The summed E-state index contributed by atoms with van der Waals surface area (Å²) in [5.74, 6) is -0.854. The van der Waals surface area contributed by atoms with Crippen molar-refractivity contribution in [3.05, 3.63) is 63.1 Å². The van der Waals surface area contributed by atoms with Crippen LogP contribution in [0.25, 0.3) is 0 Å². The maximum absolute atomic E-state index is 13.7. The van der Waals surface area contributed by atoms with E-state index in [4.69, 9.17) is 23.2 Å². The lowest BCUT2D eigenvalue weighted by Gasteiger charge is -2.33. The van der Waals surface area contributed by atoms with Crippen LogP contribution in [0.1, 0.15) is 43.4 Å². The molecule has 0 bridgehead atoms. The molecular formula is C25H33Cl2N3O4S. The number of carbonyl (C=O) groups excluding carboxylic acids is 2. The number of nitrogens with zero attached hydrogens (tertiary/aromatic N) is 2. The Kier molecular flexibility index (Phi) is 10.4. The SMILES string of the molecule is CCCNC(=O)C(CC)N(Cc1c(Cl)cccc1Cl)C(=O)CN(c1cc(C)cc(C)c1)S(C)(=O)=O. The standard InChI is InChI=1S/C25H33Cl2N3O4S/c1-6-11-28-25(32)23(7-2)29(15-20-21(26)9-8-10-22(20)27)24(31)16-30(35(5,33)34)19-13-17(3)12-18(4)14-19/h8-10,12-14,23H,6-7,11,15-16H2,1-5H3,(H,28,32). The molecule has 0 aromatic heterocycles. The molecule has 0 aliphatic heterocycles. The predicted molar refractivity (Wildman–Crippen MR) is 142 cm³/mol. The molecule has 35 heavy (non-hydrogen) atoms. The van der Waals surface area contributed by atoms with Crippen LogP contribution in [0.3, 0.4) is 0 Å². The van der Waals surface area contributed by atoms with Crippen molar-refractivity contribution < 1.29 is 18.0 Å². The molecule has 2 amide bonds. The molecule has 0 saturated heterocycles. The van der Waals surface area contributed by atoms with E-state index in [0.717, 1.165) is 28.1 Å². The van der Waals surface area contributed by atoms with Gasteiger partial charge in [0, 0.05) is 28.7 Å². The summed E-state index contributed by atoms with van der Waals surface area (Å²) in [5.41, 5.74) is 2.61. The quantitative estimate of drug-likeness (QED) is 0.446. The molecule has 0 aliphatic carbocycles. The number of halogens is 2. The molecular weight excluding hydrogens is 509 g/mol. The summed E-state index contributed by atoms with van der Waals surface area (Å²) >= 11 is 12.7. The first-order chi connectivity index (χ1) is 16.4. The Labute approximate surface area is 218 Å². The van der Waals surface area contributed by atoms with Crippen molar-refractivity contribution in [3.63, 3.8) is 0 Å². The zero-order valence-electron chi connectivity index (χ0n) is 20.8. The number of hydrogen-bond acceptors (Lipinski definition) is 4. The van der Waals surface area contributed by atoms with Crippen molar-refractivity contribution >= 4 is 50.7 Å². The van der Waals surface area contributed by atoms with Crippen LogP contribution in [0.2, 0.25) is 10.0 Å². The molecule has 0 radical (unpaired) electrons. The van der Waals surface area contributed by atoms with Gasteiger partial charge in [-0.1, -0.05) is 49.2 Å². The van der Waals surface area contributed by atoms with Gasteiger partial charge in [0.2, 0.25) is 21.8 Å². The van der Waals surface area contributed by atoms with Gasteiger partial charge in [-0.25, -0.2) is 8.42 Å². The minimum Gasteiger partial charge on any atom is -0.354 e. The summed E-state index contributed by atoms with van der Waals surface area (Å²) in [6.45, 7) is 7.39. The number of benzene rings is 2. The lowest BCUT2D eigenvalue weighted by atomic mass is 10.1. The second-order valence-electron chi connectivity index (χ2n) is 8.55. The average Bonchev–Trinajstić information content (AvgIpc) is 2.76. The van der Waals surface area contributed by atoms with Gasteiger partial charge in [0.1, 0.15) is 12.6 Å². The number of hydrogen-bond donors (Lipinski definition) is 1. The van der Waals surface area contributed by atoms with E-state index in [1.165, 1.54) is 4.90 Å². The number of aryl methyl sites for hydroxylation is 2. The lowest BCUT2D eigenvalue weighted by Crippen LogP contribution is -2.52. The van der Waals surface area contributed by atoms with E-state index in [1.54, 1.807) is 37.3 Å². The summed E-state index contributed by atoms with van der Waals surface area (Å²) in [7, 11) is -3.80. The van der Waals surface area contributed by atoms with E-state index < -0.39 is 28.5 Å². The molecule has 2 aromatic carbocycles. The van der Waals surface area contributed by atoms with Crippen LogP contribution < -0.4 is 9.62 Å². The van der Waals surface area contributed by atoms with E-state index in [0.29, 0.717) is 34.3 Å². The lowest BCUT2D eigenvalue weighted by molar-refractivity contribution is -0.140. The molecule has 1 atom stereocenters. The third-order valence-electron chi connectivity index (χ3n) is 5.50. The van der Waals surface area contributed by atoms with Crippen molar-refractivity contribution in [2.24, 2.45) is 0 Å². The van der Waals surface area contributed by atoms with E-state index >= 15 is 0 Å². The topological polar surface area (TPSA) is 86.8 Å². The largest absolute Gasteiger partial charge is 0.354 e. The highest BCUT2D eigenvalue weighted by molar-refractivity contribution is 7.92. The van der Waals surface area contributed by atoms with Crippen LogP contribution in [0.5, 0.6) is 0 Å². The van der Waals surface area contributed by atoms with Gasteiger partial charge >= 0.3 is 0 Å². The minimum atomic E-state index is -3.80. The van der Waals surface area contributed by atoms with Gasteiger partial charge in [0.15, 0.2) is 0 Å². The van der Waals surface area contributed by atoms with Gasteiger partial charge in [-0.05, 0) is 62.1 Å². The molecule has 0 spiro atoms. The van der Waals surface area contributed by atoms with Crippen molar-refractivity contribution in [1.29, 1.82) is 0 Å². The summed E-state index contributed by atoms with van der Waals surface area (Å²) < 4.78 is 26.5. The highest BCUT2D eigenvalue weighted by atomic mass is 35.5. The van der Waals surface area contributed by atoms with Gasteiger partial charge in [-0.2, -0.15) is 0 Å². The van der Waals surface area contributed by atoms with E-state index in [2.05, 4.69) is 5.32 Å². The summed E-state index contributed by atoms with van der Waals surface area (Å²) in [6.07, 6.45) is 2.12. The van der Waals surface area contributed by atoms with Crippen LogP contribution in [-0.2, 0) is 26.2 Å². The van der Waals surface area contributed by atoms with Gasteiger partial charge in [0.05, 0.1) is 11.9 Å². The van der Waals surface area contributed by atoms with E-state index in [9.17, 15) is 18.0 Å². The molecule has 0 aliphatic rings. The second-order valence-corrected chi connectivity index (χ2v) is 11.3. The van der Waals surface area contributed by atoms with E-state index in [-0.39, 0.29) is 12.5 Å². The summed E-state index contributed by atoms with van der Waals surface area (Å²) in [5, 5.41) is 3.54. The average molecular weight is 543 g/mol. The van der Waals surface area contributed by atoms with Crippen LogP contribution >= 0.6 is 23.2 Å². The normalized spacial score (nSPS) is 12.2. The second kappa shape index (κ2) is 12.6. The first-order valence-corrected chi connectivity index (χ1v) is 14.1. The molecule has 1 N–H and O–H groups in total. The third kappa shape index (κ3) is 7.85. The Morgan fingerprint density at radius 3 is 2.09 bits per heavy atom. The molecule has 2 rings (SSSR count). The Morgan fingerprint density at radius 2 is 1.60 bits per heavy atom. The maximum atomic E-state index is 13.7. The first-order valence-electron chi connectivity index (χ1n) is 11.4. The highest BCUT2D eigenvalue weighted by Crippen LogP contribution is 2.28. The number of rotatable bonds is 11. The molecule has 192 valence electrons. The van der Waals surface area contributed by atoms with Crippen LogP contribution in [0.4, 0.5) is 5.69 Å². The van der Waals surface area contributed by atoms with Crippen molar-refractivity contribution in [2.75, 3.05) is 23.7 Å². The molecule has 0 fully saturated rings. The summed E-state index contributed by atoms with van der Waals surface area (Å²) in [6, 6.07) is 9.51. The first kappa shape index (κ1) is 28.9. The Hall–Kier alpha value is -2.29. The van der Waals surface area contributed by atoms with Gasteiger partial charge in [0.25, 0.3) is 0 Å². The molecule has 0 heterocycles.